The van der Waals surface area contributed by atoms with E-state index in [-0.39, 0.29) is 28.2 Å². The molecular formula is C22H26Cl3N3O4S. The molecule has 1 unspecified atom stereocenters. The van der Waals surface area contributed by atoms with E-state index in [0.29, 0.717) is 11.6 Å². The van der Waals surface area contributed by atoms with Crippen LogP contribution >= 0.6 is 34.8 Å². The van der Waals surface area contributed by atoms with Crippen LogP contribution in [0.5, 0.6) is 0 Å². The van der Waals surface area contributed by atoms with Crippen molar-refractivity contribution in [1.82, 2.24) is 10.2 Å². The van der Waals surface area contributed by atoms with Crippen molar-refractivity contribution in [1.29, 1.82) is 0 Å². The highest BCUT2D eigenvalue weighted by molar-refractivity contribution is 7.92. The smallest absolute Gasteiger partial charge is 0.244 e. The zero-order valence-electron chi connectivity index (χ0n) is 18.5. The maximum absolute atomic E-state index is 13.4. The SMILES string of the molecule is CCCNC(=O)C(C)N(Cc1ccc(Cl)cc1)C(=O)CN(c1cc(Cl)cc(Cl)c1)S(C)(=O)=O. The van der Waals surface area contributed by atoms with Crippen LogP contribution in [-0.4, -0.2) is 50.5 Å². The van der Waals surface area contributed by atoms with Crippen molar-refractivity contribution in [3.05, 3.63) is 63.1 Å². The second kappa shape index (κ2) is 11.9. The van der Waals surface area contributed by atoms with Gasteiger partial charge in [0.15, 0.2) is 0 Å². The Morgan fingerprint density at radius 2 is 1.58 bits per heavy atom. The number of amides is 2. The molecule has 0 aliphatic heterocycles. The van der Waals surface area contributed by atoms with Crippen LogP contribution in [0.15, 0.2) is 42.5 Å². The molecule has 0 saturated carbocycles. The van der Waals surface area contributed by atoms with Gasteiger partial charge in [-0.2, -0.15) is 0 Å². The van der Waals surface area contributed by atoms with Crippen LogP contribution in [0.25, 0.3) is 0 Å². The number of nitrogens with one attached hydrogen (secondary N) is 1. The van der Waals surface area contributed by atoms with Gasteiger partial charge in [-0.25, -0.2) is 8.42 Å². The lowest BCUT2D eigenvalue weighted by Gasteiger charge is -2.31. The number of nitrogens with zero attached hydrogens (tertiary/aromatic N) is 2. The van der Waals surface area contributed by atoms with Crippen molar-refractivity contribution in [3.8, 4) is 0 Å². The van der Waals surface area contributed by atoms with Gasteiger partial charge in [0.1, 0.15) is 12.6 Å². The fraction of sp³-hybridized carbons (Fsp3) is 0.364. The number of rotatable bonds is 10. The number of anilines is 1. The number of carbonyl (C=O) groups excluding carboxylic acids is 2. The van der Waals surface area contributed by atoms with Gasteiger partial charge in [0.25, 0.3) is 0 Å². The Kier molecular flexibility index (Phi) is 9.84. The van der Waals surface area contributed by atoms with Crippen molar-refractivity contribution in [2.24, 2.45) is 0 Å². The van der Waals surface area contributed by atoms with Crippen LogP contribution in [0.4, 0.5) is 5.69 Å². The number of hydrogen-bond acceptors (Lipinski definition) is 4. The number of hydrogen-bond donors (Lipinski definition) is 1. The highest BCUT2D eigenvalue weighted by atomic mass is 35.5. The predicted molar refractivity (Wildman–Crippen MR) is 133 cm³/mol. The number of sulfonamides is 1. The van der Waals surface area contributed by atoms with Crippen LogP contribution in [0.1, 0.15) is 25.8 Å². The van der Waals surface area contributed by atoms with E-state index in [0.717, 1.165) is 22.5 Å². The second-order valence-electron chi connectivity index (χ2n) is 7.51. The Morgan fingerprint density at radius 1 is 1.00 bits per heavy atom. The molecule has 0 radical (unpaired) electrons. The first-order valence-corrected chi connectivity index (χ1v) is 13.2. The van der Waals surface area contributed by atoms with Gasteiger partial charge >= 0.3 is 0 Å². The summed E-state index contributed by atoms with van der Waals surface area (Å²) in [6.45, 7) is 3.53. The van der Waals surface area contributed by atoms with Gasteiger partial charge in [-0.1, -0.05) is 53.9 Å². The van der Waals surface area contributed by atoms with E-state index in [2.05, 4.69) is 5.32 Å². The third-order valence-electron chi connectivity index (χ3n) is 4.80. The van der Waals surface area contributed by atoms with Crippen molar-refractivity contribution in [3.63, 3.8) is 0 Å². The van der Waals surface area contributed by atoms with E-state index in [9.17, 15) is 18.0 Å². The minimum atomic E-state index is -3.87. The molecule has 2 aromatic carbocycles. The van der Waals surface area contributed by atoms with E-state index < -0.39 is 28.5 Å². The molecule has 0 bridgehead atoms. The van der Waals surface area contributed by atoms with E-state index in [1.807, 2.05) is 6.92 Å². The van der Waals surface area contributed by atoms with Crippen molar-refractivity contribution in [2.45, 2.75) is 32.9 Å². The van der Waals surface area contributed by atoms with Gasteiger partial charge in [-0.3, -0.25) is 13.9 Å². The molecular weight excluding hydrogens is 509 g/mol. The minimum absolute atomic E-state index is 0.0879. The van der Waals surface area contributed by atoms with Crippen molar-refractivity contribution >= 4 is 62.3 Å². The molecule has 2 rings (SSSR count). The van der Waals surface area contributed by atoms with Gasteiger partial charge in [-0.15, -0.1) is 0 Å². The summed E-state index contributed by atoms with van der Waals surface area (Å²) in [6.07, 6.45) is 1.72. The Morgan fingerprint density at radius 3 is 2.09 bits per heavy atom. The van der Waals surface area contributed by atoms with E-state index >= 15 is 0 Å². The maximum atomic E-state index is 13.4. The molecule has 180 valence electrons. The van der Waals surface area contributed by atoms with Gasteiger partial charge in [0, 0.05) is 28.2 Å². The largest absolute Gasteiger partial charge is 0.354 e. The molecule has 0 aliphatic rings. The Balaban J connectivity index is 2.39. The molecule has 0 aromatic heterocycles. The molecule has 0 saturated heterocycles. The van der Waals surface area contributed by atoms with E-state index in [1.54, 1.807) is 31.2 Å². The fourth-order valence-corrected chi connectivity index (χ4v) is 4.54. The highest BCUT2D eigenvalue weighted by Gasteiger charge is 2.30. The summed E-state index contributed by atoms with van der Waals surface area (Å²) in [5.74, 6) is -0.901. The molecule has 11 heteroatoms. The van der Waals surface area contributed by atoms with Crippen molar-refractivity contribution < 1.29 is 18.0 Å². The summed E-state index contributed by atoms with van der Waals surface area (Å²) in [6, 6.07) is 10.3. The normalized spacial score (nSPS) is 12.2. The Bertz CT molecular complexity index is 1070. The van der Waals surface area contributed by atoms with Crippen LogP contribution in [0, 0.1) is 0 Å². The van der Waals surface area contributed by atoms with Gasteiger partial charge in [-0.05, 0) is 49.2 Å². The number of benzene rings is 2. The first-order valence-electron chi connectivity index (χ1n) is 10.2. The quantitative estimate of drug-likeness (QED) is 0.491. The molecule has 0 spiro atoms. The van der Waals surface area contributed by atoms with Gasteiger partial charge in [0.05, 0.1) is 11.9 Å². The summed E-state index contributed by atoms with van der Waals surface area (Å²) in [7, 11) is -3.87. The zero-order chi connectivity index (χ0) is 24.8. The molecule has 1 N–H and O–H groups in total. The second-order valence-corrected chi connectivity index (χ2v) is 10.7. The first-order chi connectivity index (χ1) is 15.4. The summed E-state index contributed by atoms with van der Waals surface area (Å²) < 4.78 is 26.0. The Hall–Kier alpha value is -2.00. The predicted octanol–water partition coefficient (Wildman–Crippen LogP) is 4.36. The van der Waals surface area contributed by atoms with Crippen molar-refractivity contribution in [2.75, 3.05) is 23.7 Å². The monoisotopic (exact) mass is 533 g/mol. The summed E-state index contributed by atoms with van der Waals surface area (Å²) >= 11 is 18.0. The molecule has 7 nitrogen and oxygen atoms in total. The van der Waals surface area contributed by atoms with E-state index in [1.165, 1.54) is 23.1 Å². The molecule has 1 atom stereocenters. The molecule has 0 aliphatic carbocycles. The third kappa shape index (κ3) is 8.07. The molecule has 2 aromatic rings. The Labute approximate surface area is 209 Å². The summed E-state index contributed by atoms with van der Waals surface area (Å²) in [4.78, 5) is 27.4. The lowest BCUT2D eigenvalue weighted by Crippen LogP contribution is -2.51. The third-order valence-corrected chi connectivity index (χ3v) is 6.63. The minimum Gasteiger partial charge on any atom is -0.354 e. The van der Waals surface area contributed by atoms with Crippen LogP contribution in [-0.2, 0) is 26.2 Å². The summed E-state index contributed by atoms with van der Waals surface area (Å²) in [5, 5.41) is 3.76. The standard InChI is InChI=1S/C22H26Cl3N3O4S/c1-4-9-26-22(30)15(2)27(13-16-5-7-17(23)8-6-16)21(29)14-28(33(3,31)32)20-11-18(24)10-19(25)12-20/h5-8,10-12,15H,4,9,13-14H2,1-3H3,(H,26,30). The van der Waals surface area contributed by atoms with Crippen LogP contribution in [0.3, 0.4) is 0 Å². The number of carbonyl (C=O) groups is 2. The maximum Gasteiger partial charge on any atom is 0.244 e. The van der Waals surface area contributed by atoms with Crippen LogP contribution in [0.2, 0.25) is 15.1 Å². The average molecular weight is 535 g/mol. The first kappa shape index (κ1) is 27.2. The lowest BCUT2D eigenvalue weighted by atomic mass is 10.1. The topological polar surface area (TPSA) is 86.8 Å². The van der Waals surface area contributed by atoms with E-state index in [4.69, 9.17) is 34.8 Å². The average Bonchev–Trinajstić information content (AvgIpc) is 2.73. The number of halogens is 3. The summed E-state index contributed by atoms with van der Waals surface area (Å²) in [5.41, 5.74) is 0.887. The van der Waals surface area contributed by atoms with Gasteiger partial charge in [0.2, 0.25) is 21.8 Å². The highest BCUT2D eigenvalue weighted by Crippen LogP contribution is 2.27. The lowest BCUT2D eigenvalue weighted by molar-refractivity contribution is -0.139. The fourth-order valence-electron chi connectivity index (χ4n) is 3.06. The molecule has 0 fully saturated rings. The molecule has 2 amide bonds. The van der Waals surface area contributed by atoms with Gasteiger partial charge < -0.3 is 10.2 Å². The zero-order valence-corrected chi connectivity index (χ0v) is 21.6. The molecule has 33 heavy (non-hydrogen) atoms. The molecule has 0 heterocycles. The van der Waals surface area contributed by atoms with Crippen LogP contribution < -0.4 is 9.62 Å².